The minimum Gasteiger partial charge on any atom is -0.496 e. The van der Waals surface area contributed by atoms with Crippen molar-refractivity contribution in [1.29, 1.82) is 0 Å². The Morgan fingerprint density at radius 3 is 2.75 bits per heavy atom. The number of rotatable bonds is 7. The molecule has 1 N–H and O–H groups in total. The number of likely N-dealkylation sites (N-methyl/N-ethyl adjacent to an activating group) is 1. The summed E-state index contributed by atoms with van der Waals surface area (Å²) in [6.07, 6.45) is 2.24. The number of hydrogen-bond acceptors (Lipinski definition) is 4. The fourth-order valence-electron chi connectivity index (χ4n) is 2.48. The van der Waals surface area contributed by atoms with E-state index in [9.17, 15) is 0 Å². The number of methoxy groups -OCH3 is 1. The van der Waals surface area contributed by atoms with Gasteiger partial charge in [0.1, 0.15) is 5.75 Å². The Labute approximate surface area is 121 Å². The van der Waals surface area contributed by atoms with E-state index < -0.39 is 0 Å². The minimum atomic E-state index is 0.0224. The average Bonchev–Trinajstić information content (AvgIpc) is 2.52. The van der Waals surface area contributed by atoms with Crippen LogP contribution < -0.4 is 10.1 Å². The molecule has 0 amide bonds. The molecule has 1 aliphatic heterocycles. The highest BCUT2D eigenvalue weighted by Crippen LogP contribution is 2.29. The summed E-state index contributed by atoms with van der Waals surface area (Å²) in [7, 11) is 1.71. The molecule has 1 aromatic carbocycles. The molecule has 1 aromatic rings. The van der Waals surface area contributed by atoms with Crippen LogP contribution in [0.4, 0.5) is 0 Å². The standard InChI is InChI=1S/C16H25NO3/c1-3-17-12-16(20-13-8-10-19-11-9-13)14-6-4-5-7-15(14)18-2/h4-7,13,16-17H,3,8-12H2,1-2H3. The van der Waals surface area contributed by atoms with Crippen LogP contribution in [0, 0.1) is 0 Å². The van der Waals surface area contributed by atoms with Crippen molar-refractivity contribution in [3.63, 3.8) is 0 Å². The summed E-state index contributed by atoms with van der Waals surface area (Å²) in [5.41, 5.74) is 1.11. The van der Waals surface area contributed by atoms with E-state index in [-0.39, 0.29) is 12.2 Å². The zero-order chi connectivity index (χ0) is 14.2. The van der Waals surface area contributed by atoms with Gasteiger partial charge in [0.25, 0.3) is 0 Å². The third-order valence-corrected chi connectivity index (χ3v) is 3.59. The molecule has 0 aromatic heterocycles. The Morgan fingerprint density at radius 2 is 2.05 bits per heavy atom. The predicted molar refractivity (Wildman–Crippen MR) is 79.2 cm³/mol. The molecule has 1 unspecified atom stereocenters. The highest BCUT2D eigenvalue weighted by atomic mass is 16.5. The maximum atomic E-state index is 6.30. The van der Waals surface area contributed by atoms with E-state index in [2.05, 4.69) is 18.3 Å². The Morgan fingerprint density at radius 1 is 1.30 bits per heavy atom. The van der Waals surface area contributed by atoms with Gasteiger partial charge in [0.15, 0.2) is 0 Å². The first-order chi connectivity index (χ1) is 9.85. The molecule has 0 radical (unpaired) electrons. The van der Waals surface area contributed by atoms with Crippen molar-refractivity contribution in [2.45, 2.75) is 32.0 Å². The molecule has 0 bridgehead atoms. The smallest absolute Gasteiger partial charge is 0.124 e. The van der Waals surface area contributed by atoms with Crippen LogP contribution in [0.1, 0.15) is 31.4 Å². The molecule has 2 rings (SSSR count). The molecule has 4 nitrogen and oxygen atoms in total. The third kappa shape index (κ3) is 4.20. The lowest BCUT2D eigenvalue weighted by Crippen LogP contribution is -2.30. The topological polar surface area (TPSA) is 39.7 Å². The normalized spacial score (nSPS) is 17.9. The quantitative estimate of drug-likeness (QED) is 0.832. The van der Waals surface area contributed by atoms with Gasteiger partial charge < -0.3 is 19.5 Å². The molecule has 1 fully saturated rings. The van der Waals surface area contributed by atoms with Gasteiger partial charge in [0.05, 0.1) is 19.3 Å². The Kier molecular flexibility index (Phi) is 6.30. The van der Waals surface area contributed by atoms with Crippen LogP contribution in [0.2, 0.25) is 0 Å². The molecule has 112 valence electrons. The van der Waals surface area contributed by atoms with Crippen molar-refractivity contribution in [2.75, 3.05) is 33.4 Å². The third-order valence-electron chi connectivity index (χ3n) is 3.59. The molecular weight excluding hydrogens is 254 g/mol. The predicted octanol–water partition coefficient (Wildman–Crippen LogP) is 2.54. The van der Waals surface area contributed by atoms with Gasteiger partial charge >= 0.3 is 0 Å². The van der Waals surface area contributed by atoms with Crippen molar-refractivity contribution in [3.8, 4) is 5.75 Å². The molecule has 0 aliphatic carbocycles. The molecule has 0 saturated carbocycles. The summed E-state index contributed by atoms with van der Waals surface area (Å²) in [4.78, 5) is 0. The molecule has 20 heavy (non-hydrogen) atoms. The number of nitrogens with one attached hydrogen (secondary N) is 1. The van der Waals surface area contributed by atoms with Crippen LogP contribution in [0.5, 0.6) is 5.75 Å². The van der Waals surface area contributed by atoms with Crippen molar-refractivity contribution in [1.82, 2.24) is 5.32 Å². The Hall–Kier alpha value is -1.10. The number of para-hydroxylation sites is 1. The van der Waals surface area contributed by atoms with Crippen LogP contribution in [0.25, 0.3) is 0 Å². The van der Waals surface area contributed by atoms with Gasteiger partial charge in [-0.3, -0.25) is 0 Å². The van der Waals surface area contributed by atoms with E-state index in [0.717, 1.165) is 50.5 Å². The van der Waals surface area contributed by atoms with Crippen LogP contribution in [0.3, 0.4) is 0 Å². The lowest BCUT2D eigenvalue weighted by Gasteiger charge is -2.29. The number of ether oxygens (including phenoxy) is 3. The van der Waals surface area contributed by atoms with E-state index in [4.69, 9.17) is 14.2 Å². The lowest BCUT2D eigenvalue weighted by molar-refractivity contribution is -0.0692. The highest BCUT2D eigenvalue weighted by molar-refractivity contribution is 5.35. The first-order valence-corrected chi connectivity index (χ1v) is 7.42. The zero-order valence-corrected chi connectivity index (χ0v) is 12.4. The largest absolute Gasteiger partial charge is 0.496 e. The molecule has 0 spiro atoms. The van der Waals surface area contributed by atoms with Crippen LogP contribution in [-0.4, -0.2) is 39.5 Å². The Balaban J connectivity index is 2.08. The summed E-state index contributed by atoms with van der Waals surface area (Å²) in [6.45, 7) is 5.43. The van der Waals surface area contributed by atoms with E-state index in [0.29, 0.717) is 0 Å². The molecule has 4 heteroatoms. The maximum absolute atomic E-state index is 6.30. The average molecular weight is 279 g/mol. The summed E-state index contributed by atoms with van der Waals surface area (Å²) >= 11 is 0. The van der Waals surface area contributed by atoms with Crippen LogP contribution in [0.15, 0.2) is 24.3 Å². The van der Waals surface area contributed by atoms with Crippen molar-refractivity contribution >= 4 is 0 Å². The molecule has 1 saturated heterocycles. The minimum absolute atomic E-state index is 0.0224. The van der Waals surface area contributed by atoms with Crippen LogP contribution in [-0.2, 0) is 9.47 Å². The second-order valence-corrected chi connectivity index (χ2v) is 4.99. The van der Waals surface area contributed by atoms with E-state index >= 15 is 0 Å². The van der Waals surface area contributed by atoms with Crippen LogP contribution >= 0.6 is 0 Å². The SMILES string of the molecule is CCNCC(OC1CCOCC1)c1ccccc1OC. The first-order valence-electron chi connectivity index (χ1n) is 7.42. The van der Waals surface area contributed by atoms with Gasteiger partial charge in [-0.2, -0.15) is 0 Å². The van der Waals surface area contributed by atoms with Crippen molar-refractivity contribution in [2.24, 2.45) is 0 Å². The highest BCUT2D eigenvalue weighted by Gasteiger charge is 2.22. The van der Waals surface area contributed by atoms with Gasteiger partial charge in [0.2, 0.25) is 0 Å². The Bertz CT molecular complexity index is 391. The number of hydrogen-bond donors (Lipinski definition) is 1. The number of benzene rings is 1. The van der Waals surface area contributed by atoms with Crippen molar-refractivity contribution in [3.05, 3.63) is 29.8 Å². The summed E-state index contributed by atoms with van der Waals surface area (Å²) in [5, 5.41) is 3.38. The van der Waals surface area contributed by atoms with Gasteiger partial charge in [-0.1, -0.05) is 25.1 Å². The summed E-state index contributed by atoms with van der Waals surface area (Å²) in [5.74, 6) is 0.891. The molecule has 1 heterocycles. The maximum Gasteiger partial charge on any atom is 0.124 e. The molecule has 1 atom stereocenters. The molecular formula is C16H25NO3. The summed E-state index contributed by atoms with van der Waals surface area (Å²) in [6, 6.07) is 8.09. The lowest BCUT2D eigenvalue weighted by atomic mass is 10.1. The fourth-order valence-corrected chi connectivity index (χ4v) is 2.48. The monoisotopic (exact) mass is 279 g/mol. The molecule has 1 aliphatic rings. The van der Waals surface area contributed by atoms with Gasteiger partial charge in [-0.05, 0) is 25.5 Å². The summed E-state index contributed by atoms with van der Waals surface area (Å²) < 4.78 is 17.2. The van der Waals surface area contributed by atoms with E-state index in [1.54, 1.807) is 7.11 Å². The van der Waals surface area contributed by atoms with E-state index in [1.165, 1.54) is 0 Å². The fraction of sp³-hybridized carbons (Fsp3) is 0.625. The van der Waals surface area contributed by atoms with Gasteiger partial charge in [-0.15, -0.1) is 0 Å². The van der Waals surface area contributed by atoms with Gasteiger partial charge in [-0.25, -0.2) is 0 Å². The zero-order valence-electron chi connectivity index (χ0n) is 12.4. The first kappa shape index (κ1) is 15.3. The van der Waals surface area contributed by atoms with E-state index in [1.807, 2.05) is 18.2 Å². The second-order valence-electron chi connectivity index (χ2n) is 4.99. The van der Waals surface area contributed by atoms with Crippen molar-refractivity contribution < 1.29 is 14.2 Å². The second kappa shape index (κ2) is 8.25. The van der Waals surface area contributed by atoms with Gasteiger partial charge in [0, 0.05) is 25.3 Å².